The molecule has 0 aliphatic carbocycles. The summed E-state index contributed by atoms with van der Waals surface area (Å²) in [5.74, 6) is 0. The predicted octanol–water partition coefficient (Wildman–Crippen LogP) is 2.42. The summed E-state index contributed by atoms with van der Waals surface area (Å²) in [6.45, 7) is 2.03. The van der Waals surface area contributed by atoms with Gasteiger partial charge in [0, 0.05) is 5.39 Å². The number of aromatic nitrogens is 1. The van der Waals surface area contributed by atoms with Gasteiger partial charge in [-0.2, -0.15) is 4.37 Å². The van der Waals surface area contributed by atoms with Crippen LogP contribution in [0.5, 0.6) is 0 Å². The van der Waals surface area contributed by atoms with E-state index in [1.807, 2.05) is 25.1 Å². The molecule has 0 amide bonds. The molecule has 0 N–H and O–H groups in total. The van der Waals surface area contributed by atoms with E-state index in [2.05, 4.69) is 4.37 Å². The Morgan fingerprint density at radius 2 is 2.33 bits per heavy atom. The molecule has 2 aromatic rings. The molecule has 2 nitrogen and oxygen atoms in total. The van der Waals surface area contributed by atoms with Crippen LogP contribution in [0.3, 0.4) is 0 Å². The zero-order valence-corrected chi connectivity index (χ0v) is 7.39. The van der Waals surface area contributed by atoms with Gasteiger partial charge in [-0.15, -0.1) is 0 Å². The molecule has 2 rings (SSSR count). The van der Waals surface area contributed by atoms with E-state index in [-0.39, 0.29) is 0 Å². The summed E-state index contributed by atoms with van der Waals surface area (Å²) in [6, 6.07) is 5.97. The lowest BCUT2D eigenvalue weighted by atomic mass is 10.2. The number of rotatable bonds is 1. The second kappa shape index (κ2) is 2.68. The van der Waals surface area contributed by atoms with Crippen molar-refractivity contribution in [1.82, 2.24) is 4.37 Å². The number of hydrogen-bond acceptors (Lipinski definition) is 3. The van der Waals surface area contributed by atoms with Gasteiger partial charge in [-0.05, 0) is 30.1 Å². The standard InChI is InChI=1S/C9H7NOS/c1-6-2-3-7-8(5-11)10-12-9(7)4-6/h2-5H,1H3. The zero-order chi connectivity index (χ0) is 8.55. The minimum Gasteiger partial charge on any atom is -0.296 e. The van der Waals surface area contributed by atoms with Gasteiger partial charge in [0.2, 0.25) is 0 Å². The molecule has 0 aliphatic rings. The maximum absolute atomic E-state index is 10.5. The van der Waals surface area contributed by atoms with Gasteiger partial charge < -0.3 is 0 Å². The number of benzene rings is 1. The summed E-state index contributed by atoms with van der Waals surface area (Å²) in [4.78, 5) is 10.5. The van der Waals surface area contributed by atoms with Crippen molar-refractivity contribution in [3.05, 3.63) is 29.5 Å². The quantitative estimate of drug-likeness (QED) is 0.626. The lowest BCUT2D eigenvalue weighted by molar-refractivity contribution is 0.112. The third-order valence-corrected chi connectivity index (χ3v) is 2.59. The number of nitrogens with zero attached hydrogens (tertiary/aromatic N) is 1. The molecule has 1 aromatic carbocycles. The van der Waals surface area contributed by atoms with Crippen molar-refractivity contribution in [2.24, 2.45) is 0 Å². The largest absolute Gasteiger partial charge is 0.296 e. The number of hydrogen-bond donors (Lipinski definition) is 0. The Bertz CT molecular complexity index is 433. The summed E-state index contributed by atoms with van der Waals surface area (Å²) >= 11 is 1.37. The van der Waals surface area contributed by atoms with E-state index < -0.39 is 0 Å². The van der Waals surface area contributed by atoms with Crippen molar-refractivity contribution in [1.29, 1.82) is 0 Å². The molecule has 0 aliphatic heterocycles. The third kappa shape index (κ3) is 1.02. The van der Waals surface area contributed by atoms with E-state index in [4.69, 9.17) is 0 Å². The zero-order valence-electron chi connectivity index (χ0n) is 6.57. The number of aryl methyl sites for hydroxylation is 1. The van der Waals surface area contributed by atoms with E-state index in [0.29, 0.717) is 5.69 Å². The fraction of sp³-hybridized carbons (Fsp3) is 0.111. The second-order valence-corrected chi connectivity index (χ2v) is 3.49. The molecule has 60 valence electrons. The maximum atomic E-state index is 10.5. The summed E-state index contributed by atoms with van der Waals surface area (Å²) in [7, 11) is 0. The van der Waals surface area contributed by atoms with E-state index in [9.17, 15) is 4.79 Å². The average molecular weight is 177 g/mol. The smallest absolute Gasteiger partial charge is 0.170 e. The summed E-state index contributed by atoms with van der Waals surface area (Å²) in [5, 5.41) is 0.959. The lowest BCUT2D eigenvalue weighted by Gasteiger charge is -1.90. The van der Waals surface area contributed by atoms with Crippen LogP contribution in [0.25, 0.3) is 10.1 Å². The predicted molar refractivity (Wildman–Crippen MR) is 49.7 cm³/mol. The van der Waals surface area contributed by atoms with Gasteiger partial charge in [0.05, 0.1) is 4.70 Å². The van der Waals surface area contributed by atoms with Crippen LogP contribution in [0.1, 0.15) is 16.1 Å². The summed E-state index contributed by atoms with van der Waals surface area (Å²) in [5.41, 5.74) is 1.75. The molecule has 0 bridgehead atoms. The normalized spacial score (nSPS) is 10.4. The van der Waals surface area contributed by atoms with Crippen LogP contribution in [-0.2, 0) is 0 Å². The number of carbonyl (C=O) groups is 1. The van der Waals surface area contributed by atoms with Gasteiger partial charge >= 0.3 is 0 Å². The Balaban J connectivity index is 2.81. The van der Waals surface area contributed by atoms with Gasteiger partial charge in [0.25, 0.3) is 0 Å². The van der Waals surface area contributed by atoms with Crippen molar-refractivity contribution in [3.8, 4) is 0 Å². The molecule has 0 unspecified atom stereocenters. The van der Waals surface area contributed by atoms with Gasteiger partial charge in [-0.25, -0.2) is 0 Å². The van der Waals surface area contributed by atoms with Crippen LogP contribution in [0.2, 0.25) is 0 Å². The Hall–Kier alpha value is -1.22. The van der Waals surface area contributed by atoms with Crippen LogP contribution in [0.4, 0.5) is 0 Å². The minimum atomic E-state index is 0.551. The topological polar surface area (TPSA) is 30.0 Å². The molecule has 0 saturated carbocycles. The average Bonchev–Trinajstić information content (AvgIpc) is 2.46. The first-order valence-corrected chi connectivity index (χ1v) is 4.40. The molecule has 0 spiro atoms. The number of aldehydes is 1. The van der Waals surface area contributed by atoms with Crippen LogP contribution >= 0.6 is 11.5 Å². The monoisotopic (exact) mass is 177 g/mol. The summed E-state index contributed by atoms with van der Waals surface area (Å²) in [6.07, 6.45) is 0.800. The first kappa shape index (κ1) is 7.43. The Morgan fingerprint density at radius 1 is 1.50 bits per heavy atom. The lowest BCUT2D eigenvalue weighted by Crippen LogP contribution is -1.77. The second-order valence-electron chi connectivity index (χ2n) is 2.69. The number of fused-ring (bicyclic) bond motifs is 1. The molecule has 12 heavy (non-hydrogen) atoms. The van der Waals surface area contributed by atoms with Crippen molar-refractivity contribution in [2.75, 3.05) is 0 Å². The molecule has 0 radical (unpaired) electrons. The molecule has 0 saturated heterocycles. The fourth-order valence-electron chi connectivity index (χ4n) is 1.15. The molecular weight excluding hydrogens is 170 g/mol. The highest BCUT2D eigenvalue weighted by molar-refractivity contribution is 7.13. The molecule has 1 heterocycles. The SMILES string of the molecule is Cc1ccc2c(C=O)nsc2c1. The van der Waals surface area contributed by atoms with Crippen molar-refractivity contribution < 1.29 is 4.79 Å². The first-order chi connectivity index (χ1) is 5.81. The highest BCUT2D eigenvalue weighted by Gasteiger charge is 2.03. The minimum absolute atomic E-state index is 0.551. The third-order valence-electron chi connectivity index (χ3n) is 1.77. The van der Waals surface area contributed by atoms with Gasteiger partial charge in [0.1, 0.15) is 5.69 Å². The molecule has 0 atom stereocenters. The van der Waals surface area contributed by atoms with E-state index >= 15 is 0 Å². The maximum Gasteiger partial charge on any atom is 0.170 e. The van der Waals surface area contributed by atoms with Gasteiger partial charge in [-0.1, -0.05) is 12.1 Å². The highest BCUT2D eigenvalue weighted by Crippen LogP contribution is 2.22. The molecular formula is C9H7NOS. The first-order valence-electron chi connectivity index (χ1n) is 3.62. The van der Waals surface area contributed by atoms with Crippen molar-refractivity contribution in [3.63, 3.8) is 0 Å². The van der Waals surface area contributed by atoms with Gasteiger partial charge in [-0.3, -0.25) is 4.79 Å². The van der Waals surface area contributed by atoms with Crippen LogP contribution < -0.4 is 0 Å². The van der Waals surface area contributed by atoms with Crippen molar-refractivity contribution in [2.45, 2.75) is 6.92 Å². The van der Waals surface area contributed by atoms with E-state index in [0.717, 1.165) is 16.4 Å². The summed E-state index contributed by atoms with van der Waals surface area (Å²) < 4.78 is 5.11. The van der Waals surface area contributed by atoms with E-state index in [1.165, 1.54) is 17.1 Å². The Morgan fingerprint density at radius 3 is 3.08 bits per heavy atom. The van der Waals surface area contributed by atoms with Gasteiger partial charge in [0.15, 0.2) is 6.29 Å². The van der Waals surface area contributed by atoms with Crippen LogP contribution in [-0.4, -0.2) is 10.7 Å². The molecule has 3 heteroatoms. The molecule has 1 aromatic heterocycles. The van der Waals surface area contributed by atoms with E-state index in [1.54, 1.807) is 0 Å². The van der Waals surface area contributed by atoms with Crippen LogP contribution in [0.15, 0.2) is 18.2 Å². The fourth-order valence-corrected chi connectivity index (χ4v) is 2.00. The molecule has 0 fully saturated rings. The Labute approximate surface area is 74.0 Å². The highest BCUT2D eigenvalue weighted by atomic mass is 32.1. The van der Waals surface area contributed by atoms with Crippen LogP contribution in [0, 0.1) is 6.92 Å². The number of carbonyl (C=O) groups excluding carboxylic acids is 1. The Kier molecular flexibility index (Phi) is 1.66. The van der Waals surface area contributed by atoms with Crippen molar-refractivity contribution >= 4 is 27.9 Å².